The Balaban J connectivity index is 1.76. The molecule has 0 saturated carbocycles. The van der Waals surface area contributed by atoms with Crippen LogP contribution in [-0.4, -0.2) is 16.1 Å². The fourth-order valence-corrected chi connectivity index (χ4v) is 3.08. The average Bonchev–Trinajstić information content (AvgIpc) is 2.93. The number of oxazole rings is 1. The summed E-state index contributed by atoms with van der Waals surface area (Å²) in [6.45, 7) is 4.53. The fourth-order valence-electron chi connectivity index (χ4n) is 3.08. The van der Waals surface area contributed by atoms with Crippen LogP contribution >= 0.6 is 0 Å². The van der Waals surface area contributed by atoms with Gasteiger partial charge in [-0.1, -0.05) is 26.0 Å². The molecule has 5 nitrogen and oxygen atoms in total. The van der Waals surface area contributed by atoms with Crippen molar-refractivity contribution in [2.24, 2.45) is 5.92 Å². The van der Waals surface area contributed by atoms with Gasteiger partial charge in [-0.05, 0) is 35.7 Å². The number of alkyl halides is 3. The lowest BCUT2D eigenvalue weighted by atomic mass is 9.94. The molecule has 8 heteroatoms. The summed E-state index contributed by atoms with van der Waals surface area (Å²) < 4.78 is 45.5. The van der Waals surface area contributed by atoms with E-state index in [1.54, 1.807) is 24.4 Å². The van der Waals surface area contributed by atoms with Gasteiger partial charge < -0.3 is 9.73 Å². The van der Waals surface area contributed by atoms with Crippen LogP contribution in [0.4, 0.5) is 13.2 Å². The molecular formula is C19H20F3N3O2. The van der Waals surface area contributed by atoms with Crippen molar-refractivity contribution in [1.29, 1.82) is 0 Å². The Kier molecular flexibility index (Phi) is 5.36. The van der Waals surface area contributed by atoms with E-state index in [2.05, 4.69) is 10.3 Å². The molecule has 0 aliphatic heterocycles. The van der Waals surface area contributed by atoms with Gasteiger partial charge in [0.2, 0.25) is 0 Å². The zero-order chi connectivity index (χ0) is 19.6. The summed E-state index contributed by atoms with van der Waals surface area (Å²) in [5.41, 5.74) is 0.737. The zero-order valence-corrected chi connectivity index (χ0v) is 15.0. The molecule has 1 aromatic carbocycles. The number of rotatable bonds is 6. The molecule has 0 aliphatic rings. The molecule has 0 fully saturated rings. The largest absolute Gasteiger partial charge is 0.421 e. The van der Waals surface area contributed by atoms with Crippen molar-refractivity contribution in [3.8, 4) is 0 Å². The topological polar surface area (TPSA) is 60.1 Å². The molecule has 0 bridgehead atoms. The number of hydrogen-bond acceptors (Lipinski definition) is 4. The van der Waals surface area contributed by atoms with Crippen molar-refractivity contribution in [3.05, 3.63) is 64.3 Å². The Morgan fingerprint density at radius 2 is 2.00 bits per heavy atom. The van der Waals surface area contributed by atoms with Gasteiger partial charge in [0.05, 0.1) is 5.56 Å². The van der Waals surface area contributed by atoms with Crippen LogP contribution in [0, 0.1) is 5.92 Å². The highest BCUT2D eigenvalue weighted by molar-refractivity contribution is 5.67. The molecule has 1 unspecified atom stereocenters. The van der Waals surface area contributed by atoms with E-state index in [-0.39, 0.29) is 12.0 Å². The monoisotopic (exact) mass is 379 g/mol. The first-order chi connectivity index (χ1) is 12.8. The molecule has 2 heterocycles. The molecule has 0 aliphatic carbocycles. The van der Waals surface area contributed by atoms with Crippen molar-refractivity contribution in [3.63, 3.8) is 0 Å². The number of pyridine rings is 1. The van der Waals surface area contributed by atoms with Crippen LogP contribution in [0.2, 0.25) is 0 Å². The summed E-state index contributed by atoms with van der Waals surface area (Å²) in [5, 5.41) is 3.25. The Bertz CT molecular complexity index is 976. The first kappa shape index (κ1) is 19.2. The first-order valence-electron chi connectivity index (χ1n) is 8.62. The quantitative estimate of drug-likeness (QED) is 0.703. The summed E-state index contributed by atoms with van der Waals surface area (Å²) in [6, 6.07) is 8.36. The van der Waals surface area contributed by atoms with Gasteiger partial charge in [-0.3, -0.25) is 4.57 Å². The number of hydrogen-bond donors (Lipinski definition) is 1. The second-order valence-corrected chi connectivity index (χ2v) is 6.64. The molecular weight excluding hydrogens is 359 g/mol. The molecule has 0 radical (unpaired) electrons. The molecule has 2 aromatic heterocycles. The van der Waals surface area contributed by atoms with Crippen LogP contribution in [0.1, 0.15) is 31.0 Å². The second-order valence-electron chi connectivity index (χ2n) is 6.64. The maximum absolute atomic E-state index is 13.0. The molecule has 3 aromatic rings. The summed E-state index contributed by atoms with van der Waals surface area (Å²) in [4.78, 5) is 16.1. The van der Waals surface area contributed by atoms with Crippen molar-refractivity contribution < 1.29 is 17.6 Å². The Labute approximate surface area is 153 Å². The SMILES string of the molecule is CC(C)C(NCCn1c(=O)oc2cccnc21)c1cccc(C(F)(F)F)c1. The van der Waals surface area contributed by atoms with Crippen LogP contribution in [-0.2, 0) is 12.7 Å². The number of halogens is 3. The fraction of sp³-hybridized carbons (Fsp3) is 0.368. The third-order valence-corrected chi connectivity index (χ3v) is 4.36. The van der Waals surface area contributed by atoms with Crippen LogP contribution in [0.3, 0.4) is 0 Å². The minimum absolute atomic E-state index is 0.0597. The maximum Gasteiger partial charge on any atom is 0.421 e. The van der Waals surface area contributed by atoms with Crippen LogP contribution in [0.15, 0.2) is 51.8 Å². The molecule has 0 spiro atoms. The van der Waals surface area contributed by atoms with Crippen molar-refractivity contribution in [2.45, 2.75) is 32.6 Å². The third kappa shape index (κ3) is 4.21. The molecule has 0 amide bonds. The van der Waals surface area contributed by atoms with Gasteiger partial charge in [0, 0.05) is 25.3 Å². The predicted octanol–water partition coefficient (Wildman–Crippen LogP) is 4.00. The van der Waals surface area contributed by atoms with Gasteiger partial charge in [0.1, 0.15) is 0 Å². The van der Waals surface area contributed by atoms with Gasteiger partial charge in [-0.25, -0.2) is 9.78 Å². The average molecular weight is 379 g/mol. The smallest absolute Gasteiger partial charge is 0.406 e. The molecule has 1 N–H and O–H groups in total. The summed E-state index contributed by atoms with van der Waals surface area (Å²) in [7, 11) is 0. The van der Waals surface area contributed by atoms with Gasteiger partial charge >= 0.3 is 11.9 Å². The second kappa shape index (κ2) is 7.56. The van der Waals surface area contributed by atoms with Gasteiger partial charge in [-0.2, -0.15) is 13.2 Å². The summed E-state index contributed by atoms with van der Waals surface area (Å²) >= 11 is 0. The van der Waals surface area contributed by atoms with Crippen LogP contribution < -0.4 is 11.1 Å². The van der Waals surface area contributed by atoms with E-state index in [9.17, 15) is 18.0 Å². The van der Waals surface area contributed by atoms with E-state index in [1.807, 2.05) is 13.8 Å². The molecule has 3 rings (SSSR count). The number of nitrogens with zero attached hydrogens (tertiary/aromatic N) is 2. The highest BCUT2D eigenvalue weighted by atomic mass is 19.4. The number of aromatic nitrogens is 2. The Morgan fingerprint density at radius 1 is 1.22 bits per heavy atom. The van der Waals surface area contributed by atoms with E-state index in [0.29, 0.717) is 29.9 Å². The molecule has 0 saturated heterocycles. The van der Waals surface area contributed by atoms with Gasteiger partial charge in [-0.15, -0.1) is 0 Å². The minimum atomic E-state index is -4.38. The lowest BCUT2D eigenvalue weighted by molar-refractivity contribution is -0.137. The van der Waals surface area contributed by atoms with Crippen molar-refractivity contribution in [2.75, 3.05) is 6.54 Å². The van der Waals surface area contributed by atoms with Gasteiger partial charge in [0.15, 0.2) is 11.2 Å². The van der Waals surface area contributed by atoms with Gasteiger partial charge in [0.25, 0.3) is 0 Å². The Morgan fingerprint density at radius 3 is 2.70 bits per heavy atom. The van der Waals surface area contributed by atoms with E-state index in [0.717, 1.165) is 6.07 Å². The maximum atomic E-state index is 13.0. The molecule has 1 atom stereocenters. The highest BCUT2D eigenvalue weighted by Crippen LogP contribution is 2.32. The molecule has 27 heavy (non-hydrogen) atoms. The van der Waals surface area contributed by atoms with E-state index in [4.69, 9.17) is 4.42 Å². The highest BCUT2D eigenvalue weighted by Gasteiger charge is 2.31. The van der Waals surface area contributed by atoms with Crippen molar-refractivity contribution >= 4 is 11.2 Å². The lowest BCUT2D eigenvalue weighted by Gasteiger charge is -2.24. The predicted molar refractivity (Wildman–Crippen MR) is 95.3 cm³/mol. The van der Waals surface area contributed by atoms with Crippen LogP contribution in [0.5, 0.6) is 0 Å². The zero-order valence-electron chi connectivity index (χ0n) is 15.0. The third-order valence-electron chi connectivity index (χ3n) is 4.36. The van der Waals surface area contributed by atoms with E-state index >= 15 is 0 Å². The van der Waals surface area contributed by atoms with E-state index < -0.39 is 17.5 Å². The Hall–Kier alpha value is -2.61. The number of nitrogens with one attached hydrogen (secondary N) is 1. The summed E-state index contributed by atoms with van der Waals surface area (Å²) in [6.07, 6.45) is -2.81. The lowest BCUT2D eigenvalue weighted by Crippen LogP contribution is -2.31. The number of fused-ring (bicyclic) bond motifs is 1. The summed E-state index contributed by atoms with van der Waals surface area (Å²) in [5.74, 6) is -0.449. The first-order valence-corrected chi connectivity index (χ1v) is 8.62. The van der Waals surface area contributed by atoms with Crippen molar-refractivity contribution in [1.82, 2.24) is 14.9 Å². The minimum Gasteiger partial charge on any atom is -0.406 e. The molecule has 144 valence electrons. The normalized spacial score (nSPS) is 13.4. The van der Waals surface area contributed by atoms with E-state index in [1.165, 1.54) is 16.7 Å². The van der Waals surface area contributed by atoms with Crippen LogP contribution in [0.25, 0.3) is 11.2 Å². The number of benzene rings is 1. The standard InChI is InChI=1S/C19H20F3N3O2/c1-12(2)16(13-5-3-6-14(11-13)19(20,21)22)23-9-10-25-17-15(27-18(25)26)7-4-8-24-17/h3-8,11-12,16,23H,9-10H2,1-2H3.